The largest absolute Gasteiger partial charge is 0.593 e. The SMILES string of the molecule is CNC(=N)N(C)[S+]([O-])Cc1cc(NC(=O)c2ccc(C(F)(F)F)cn2)ccc1F. The molecule has 156 valence electrons. The Morgan fingerprint density at radius 3 is 2.55 bits per heavy atom. The van der Waals surface area contributed by atoms with E-state index < -0.39 is 34.8 Å². The van der Waals surface area contributed by atoms with Gasteiger partial charge < -0.3 is 15.2 Å². The zero-order chi connectivity index (χ0) is 21.8. The van der Waals surface area contributed by atoms with Gasteiger partial charge in [-0.05, 0) is 30.3 Å². The van der Waals surface area contributed by atoms with Crippen molar-refractivity contribution >= 4 is 28.9 Å². The lowest BCUT2D eigenvalue weighted by Gasteiger charge is -2.22. The number of pyridine rings is 1. The summed E-state index contributed by atoms with van der Waals surface area (Å²) >= 11 is -1.75. The van der Waals surface area contributed by atoms with E-state index in [-0.39, 0.29) is 28.7 Å². The molecule has 0 saturated carbocycles. The maximum atomic E-state index is 14.0. The van der Waals surface area contributed by atoms with E-state index in [1.54, 1.807) is 0 Å². The number of carbonyl (C=O) groups excluding carboxylic acids is 1. The maximum Gasteiger partial charge on any atom is 0.417 e. The van der Waals surface area contributed by atoms with E-state index in [2.05, 4.69) is 15.6 Å². The molecule has 1 unspecified atom stereocenters. The van der Waals surface area contributed by atoms with Gasteiger partial charge in [-0.3, -0.25) is 15.2 Å². The summed E-state index contributed by atoms with van der Waals surface area (Å²) in [6, 6.07) is 5.23. The highest BCUT2D eigenvalue weighted by Gasteiger charge is 2.31. The van der Waals surface area contributed by atoms with Gasteiger partial charge in [0.15, 0.2) is 5.75 Å². The third-order valence-electron chi connectivity index (χ3n) is 3.76. The van der Waals surface area contributed by atoms with Crippen LogP contribution >= 0.6 is 0 Å². The van der Waals surface area contributed by atoms with Gasteiger partial charge in [0.1, 0.15) is 11.5 Å². The third kappa shape index (κ3) is 5.81. The fraction of sp³-hybridized carbons (Fsp3) is 0.235. The van der Waals surface area contributed by atoms with E-state index in [1.165, 1.54) is 26.2 Å². The quantitative estimate of drug-likeness (QED) is 0.292. The molecule has 0 bridgehead atoms. The van der Waals surface area contributed by atoms with Crippen molar-refractivity contribution in [3.05, 3.63) is 59.2 Å². The monoisotopic (exact) mass is 431 g/mol. The summed E-state index contributed by atoms with van der Waals surface area (Å²) in [4.78, 5) is 15.7. The summed E-state index contributed by atoms with van der Waals surface area (Å²) in [5, 5.41) is 12.5. The lowest BCUT2D eigenvalue weighted by atomic mass is 10.2. The van der Waals surface area contributed by atoms with E-state index in [0.29, 0.717) is 6.20 Å². The second-order valence-electron chi connectivity index (χ2n) is 5.75. The minimum atomic E-state index is -4.57. The topological polar surface area (TPSA) is 104 Å². The molecule has 1 atom stereocenters. The van der Waals surface area contributed by atoms with Crippen molar-refractivity contribution in [2.45, 2.75) is 11.9 Å². The Balaban J connectivity index is 2.13. The number of aromatic nitrogens is 1. The number of guanidine groups is 1. The zero-order valence-electron chi connectivity index (χ0n) is 15.3. The van der Waals surface area contributed by atoms with Crippen molar-refractivity contribution in [1.29, 1.82) is 5.41 Å². The summed E-state index contributed by atoms with van der Waals surface area (Å²) in [5.74, 6) is -1.82. The van der Waals surface area contributed by atoms with Crippen LogP contribution in [0.15, 0.2) is 36.5 Å². The van der Waals surface area contributed by atoms with Crippen LogP contribution in [-0.4, -0.2) is 39.8 Å². The molecule has 0 saturated heterocycles. The first-order valence-electron chi connectivity index (χ1n) is 8.04. The summed E-state index contributed by atoms with van der Waals surface area (Å²) < 4.78 is 65.1. The first-order chi connectivity index (χ1) is 13.5. The van der Waals surface area contributed by atoms with Crippen LogP contribution in [0.3, 0.4) is 0 Å². The molecule has 29 heavy (non-hydrogen) atoms. The Hall–Kier alpha value is -2.86. The molecule has 0 spiro atoms. The van der Waals surface area contributed by atoms with Crippen molar-refractivity contribution in [2.24, 2.45) is 0 Å². The summed E-state index contributed by atoms with van der Waals surface area (Å²) in [5.41, 5.74) is -1.07. The number of hydrogen-bond donors (Lipinski definition) is 3. The lowest BCUT2D eigenvalue weighted by Crippen LogP contribution is -2.40. The number of benzene rings is 1. The van der Waals surface area contributed by atoms with Gasteiger partial charge in [-0.1, -0.05) is 0 Å². The molecule has 1 aromatic heterocycles. The van der Waals surface area contributed by atoms with Crippen LogP contribution in [0.1, 0.15) is 21.6 Å². The van der Waals surface area contributed by atoms with Crippen LogP contribution < -0.4 is 10.6 Å². The second-order valence-corrected chi connectivity index (χ2v) is 7.23. The van der Waals surface area contributed by atoms with Crippen LogP contribution in [0.25, 0.3) is 0 Å². The van der Waals surface area contributed by atoms with Crippen LogP contribution in [-0.2, 0) is 23.3 Å². The molecule has 3 N–H and O–H groups in total. The molecular weight excluding hydrogens is 414 g/mol. The molecule has 0 aliphatic heterocycles. The minimum absolute atomic E-state index is 0.0252. The van der Waals surface area contributed by atoms with Gasteiger partial charge in [-0.25, -0.2) is 4.39 Å². The number of amides is 1. The first-order valence-corrected chi connectivity index (χ1v) is 9.32. The van der Waals surface area contributed by atoms with Gasteiger partial charge in [0.25, 0.3) is 5.91 Å². The van der Waals surface area contributed by atoms with E-state index in [1.807, 2.05) is 0 Å². The number of carbonyl (C=O) groups is 1. The molecular formula is C17H17F4N5O2S. The van der Waals surface area contributed by atoms with Gasteiger partial charge in [0, 0.05) is 24.5 Å². The zero-order valence-corrected chi connectivity index (χ0v) is 16.1. The standard InChI is InChI=1S/C17H17F4N5O2S/c1-23-16(22)26(2)29(28)9-10-7-12(4-5-13(10)18)25-15(27)14-6-3-11(8-24-14)17(19,20)21/h3-8H,9H2,1-2H3,(H2,22,23)(H,25,27). The number of rotatable bonds is 5. The molecule has 1 aromatic carbocycles. The predicted octanol–water partition coefficient (Wildman–Crippen LogP) is 2.74. The number of nitrogens with one attached hydrogen (secondary N) is 3. The molecule has 1 amide bonds. The van der Waals surface area contributed by atoms with Crippen LogP contribution in [0.2, 0.25) is 0 Å². The van der Waals surface area contributed by atoms with Gasteiger partial charge >= 0.3 is 6.18 Å². The highest BCUT2D eigenvalue weighted by atomic mass is 32.2. The maximum absolute atomic E-state index is 14.0. The number of halogens is 4. The van der Waals surface area contributed by atoms with Gasteiger partial charge in [0.05, 0.1) is 24.0 Å². The average Bonchev–Trinajstić information content (AvgIpc) is 2.68. The Labute approximate surface area is 166 Å². The second kappa shape index (κ2) is 9.09. The molecule has 2 rings (SSSR count). The smallest absolute Gasteiger partial charge is 0.417 e. The van der Waals surface area contributed by atoms with E-state index >= 15 is 0 Å². The third-order valence-corrected chi connectivity index (χ3v) is 5.11. The normalized spacial score (nSPS) is 12.2. The summed E-state index contributed by atoms with van der Waals surface area (Å²) in [7, 11) is 2.87. The molecule has 0 fully saturated rings. The summed E-state index contributed by atoms with van der Waals surface area (Å²) in [6.45, 7) is 0. The Morgan fingerprint density at radius 1 is 1.31 bits per heavy atom. The number of hydrogen-bond acceptors (Lipinski definition) is 4. The number of alkyl halides is 3. The van der Waals surface area contributed by atoms with Crippen molar-refractivity contribution in [2.75, 3.05) is 19.4 Å². The number of nitrogens with zero attached hydrogens (tertiary/aromatic N) is 2. The van der Waals surface area contributed by atoms with E-state index in [9.17, 15) is 26.9 Å². The molecule has 7 nitrogen and oxygen atoms in total. The highest BCUT2D eigenvalue weighted by Crippen LogP contribution is 2.28. The molecule has 2 aromatic rings. The lowest BCUT2D eigenvalue weighted by molar-refractivity contribution is -0.137. The fourth-order valence-corrected chi connectivity index (χ4v) is 3.12. The molecule has 0 aliphatic rings. The molecule has 12 heteroatoms. The van der Waals surface area contributed by atoms with E-state index in [4.69, 9.17) is 5.41 Å². The van der Waals surface area contributed by atoms with Crippen molar-refractivity contribution < 1.29 is 26.9 Å². The minimum Gasteiger partial charge on any atom is -0.593 e. The Morgan fingerprint density at radius 2 is 2.00 bits per heavy atom. The van der Waals surface area contributed by atoms with Gasteiger partial charge in [-0.2, -0.15) is 17.5 Å². The van der Waals surface area contributed by atoms with E-state index in [0.717, 1.165) is 22.5 Å². The van der Waals surface area contributed by atoms with Crippen molar-refractivity contribution in [3.8, 4) is 0 Å². The van der Waals surface area contributed by atoms with Crippen molar-refractivity contribution in [3.63, 3.8) is 0 Å². The Bertz CT molecular complexity index is 892. The Kier molecular flexibility index (Phi) is 7.03. The van der Waals surface area contributed by atoms with Gasteiger partial charge in [0.2, 0.25) is 5.96 Å². The number of anilines is 1. The molecule has 0 aliphatic carbocycles. The molecule has 1 heterocycles. The predicted molar refractivity (Wildman–Crippen MR) is 100.0 cm³/mol. The average molecular weight is 431 g/mol. The first kappa shape index (κ1) is 22.4. The highest BCUT2D eigenvalue weighted by molar-refractivity contribution is 7.88. The fourth-order valence-electron chi connectivity index (χ4n) is 2.14. The van der Waals surface area contributed by atoms with Crippen LogP contribution in [0.5, 0.6) is 0 Å². The van der Waals surface area contributed by atoms with Crippen molar-refractivity contribution in [1.82, 2.24) is 14.6 Å². The summed E-state index contributed by atoms with van der Waals surface area (Å²) in [6.07, 6.45) is -4.03. The van der Waals surface area contributed by atoms with Gasteiger partial charge in [-0.15, -0.1) is 0 Å². The molecule has 0 radical (unpaired) electrons. The van der Waals surface area contributed by atoms with Crippen LogP contribution in [0, 0.1) is 11.2 Å². The van der Waals surface area contributed by atoms with Crippen LogP contribution in [0.4, 0.5) is 23.2 Å².